The maximum Gasteiger partial charge on any atom is 0.501 e. The summed E-state index contributed by atoms with van der Waals surface area (Å²) in [7, 11) is 0. The molecule has 0 unspecified atom stereocenters. The summed E-state index contributed by atoms with van der Waals surface area (Å²) in [5.41, 5.74) is 0.411. The fraction of sp³-hybridized carbons (Fsp3) is 0. The third kappa shape index (κ3) is 1.76. The van der Waals surface area contributed by atoms with Gasteiger partial charge in [-0.15, -0.1) is 4.39 Å². The molecule has 0 N–H and O–H groups in total. The fourth-order valence-corrected chi connectivity index (χ4v) is 1.25. The first-order chi connectivity index (χ1) is 7.18. The molecule has 1 heterocycles. The first-order valence-corrected chi connectivity index (χ1v) is 4.09. The summed E-state index contributed by atoms with van der Waals surface area (Å²) in [5, 5.41) is 0.177. The van der Waals surface area contributed by atoms with E-state index >= 15 is 0 Å². The smallest absolute Gasteiger partial charge is 0.396 e. The number of carbonyl (C=O) groups is 1. The van der Waals surface area contributed by atoms with Gasteiger partial charge >= 0.3 is 6.22 Å². The summed E-state index contributed by atoms with van der Waals surface area (Å²) < 4.78 is 29.5. The second kappa shape index (κ2) is 3.61. The molecule has 2 aromatic rings. The fourth-order valence-electron chi connectivity index (χ4n) is 1.25. The standard InChI is InChI=1S/C10H5F2NO2/c11-9-6-3-1-2-4-7(6)13-5-8(9)15-10(12)14/h1-5H. The predicted octanol–water partition coefficient (Wildman–Crippen LogP) is 2.84. The molecule has 0 aliphatic heterocycles. The maximum atomic E-state index is 13.5. The van der Waals surface area contributed by atoms with Crippen molar-refractivity contribution in [2.45, 2.75) is 0 Å². The van der Waals surface area contributed by atoms with Crippen LogP contribution in [-0.4, -0.2) is 11.2 Å². The number of hydrogen-bond donors (Lipinski definition) is 0. The van der Waals surface area contributed by atoms with E-state index in [-0.39, 0.29) is 5.39 Å². The molecule has 0 atom stereocenters. The van der Waals surface area contributed by atoms with E-state index < -0.39 is 17.8 Å². The molecule has 1 aromatic heterocycles. The number of para-hydroxylation sites is 1. The van der Waals surface area contributed by atoms with E-state index in [1.807, 2.05) is 0 Å². The van der Waals surface area contributed by atoms with Crippen LogP contribution in [0.15, 0.2) is 30.5 Å². The molecule has 0 amide bonds. The Labute approximate surface area is 83.3 Å². The highest BCUT2D eigenvalue weighted by Gasteiger charge is 2.12. The van der Waals surface area contributed by atoms with Gasteiger partial charge in [-0.25, -0.2) is 9.18 Å². The molecule has 0 spiro atoms. The number of carbonyl (C=O) groups excluding carboxylic acids is 1. The van der Waals surface area contributed by atoms with Crippen molar-refractivity contribution in [3.63, 3.8) is 0 Å². The Kier molecular flexibility index (Phi) is 2.29. The van der Waals surface area contributed by atoms with Gasteiger partial charge in [0.05, 0.1) is 11.7 Å². The Hall–Kier alpha value is -2.04. The van der Waals surface area contributed by atoms with Gasteiger partial charge in [-0.05, 0) is 12.1 Å². The molecular formula is C10H5F2NO2. The molecule has 0 aliphatic carbocycles. The number of rotatable bonds is 1. The summed E-state index contributed by atoms with van der Waals surface area (Å²) in [6.45, 7) is 0. The highest BCUT2D eigenvalue weighted by atomic mass is 19.1. The van der Waals surface area contributed by atoms with Crippen molar-refractivity contribution in [2.24, 2.45) is 0 Å². The Morgan fingerprint density at radius 2 is 2.07 bits per heavy atom. The van der Waals surface area contributed by atoms with Crippen molar-refractivity contribution in [1.82, 2.24) is 4.98 Å². The zero-order valence-corrected chi connectivity index (χ0v) is 7.41. The molecule has 0 aliphatic rings. The van der Waals surface area contributed by atoms with Gasteiger partial charge in [0.2, 0.25) is 0 Å². The van der Waals surface area contributed by atoms with Crippen LogP contribution in [0.3, 0.4) is 0 Å². The van der Waals surface area contributed by atoms with Crippen LogP contribution >= 0.6 is 0 Å². The molecule has 2 rings (SSSR count). The minimum absolute atomic E-state index is 0.177. The van der Waals surface area contributed by atoms with Crippen LogP contribution in [0.4, 0.5) is 13.6 Å². The second-order valence-corrected chi connectivity index (χ2v) is 2.79. The first kappa shape index (κ1) is 9.51. The van der Waals surface area contributed by atoms with E-state index in [2.05, 4.69) is 9.72 Å². The average Bonchev–Trinajstić information content (AvgIpc) is 2.22. The van der Waals surface area contributed by atoms with Gasteiger partial charge in [0, 0.05) is 5.39 Å². The van der Waals surface area contributed by atoms with Gasteiger partial charge < -0.3 is 4.74 Å². The number of fused-ring (bicyclic) bond motifs is 1. The summed E-state index contributed by atoms with van der Waals surface area (Å²) in [6.07, 6.45) is -1.10. The minimum Gasteiger partial charge on any atom is -0.396 e. The van der Waals surface area contributed by atoms with E-state index in [1.54, 1.807) is 18.2 Å². The summed E-state index contributed by atoms with van der Waals surface area (Å²) in [4.78, 5) is 13.8. The van der Waals surface area contributed by atoms with Crippen LogP contribution in [0.1, 0.15) is 0 Å². The number of nitrogens with zero attached hydrogens (tertiary/aromatic N) is 1. The number of halogens is 2. The van der Waals surface area contributed by atoms with Crippen LogP contribution in [0.2, 0.25) is 0 Å². The molecule has 0 bridgehead atoms. The Balaban J connectivity index is 2.59. The first-order valence-electron chi connectivity index (χ1n) is 4.09. The van der Waals surface area contributed by atoms with Crippen LogP contribution < -0.4 is 4.74 Å². The van der Waals surface area contributed by atoms with Crippen LogP contribution in [0, 0.1) is 5.82 Å². The molecule has 76 valence electrons. The third-order valence-electron chi connectivity index (χ3n) is 1.87. The lowest BCUT2D eigenvalue weighted by Gasteiger charge is -2.03. The van der Waals surface area contributed by atoms with Crippen molar-refractivity contribution in [3.8, 4) is 5.75 Å². The quantitative estimate of drug-likeness (QED) is 0.678. The topological polar surface area (TPSA) is 39.2 Å². The summed E-state index contributed by atoms with van der Waals surface area (Å²) >= 11 is 0. The molecule has 0 saturated heterocycles. The molecule has 5 heteroatoms. The normalized spacial score (nSPS) is 10.3. The Morgan fingerprint density at radius 1 is 1.33 bits per heavy atom. The van der Waals surface area contributed by atoms with E-state index in [0.717, 1.165) is 6.20 Å². The number of aromatic nitrogens is 1. The highest BCUT2D eigenvalue weighted by Crippen LogP contribution is 2.24. The van der Waals surface area contributed by atoms with Crippen molar-refractivity contribution in [2.75, 3.05) is 0 Å². The Bertz CT molecular complexity index is 528. The summed E-state index contributed by atoms with van der Waals surface area (Å²) in [5.74, 6) is -1.31. The van der Waals surface area contributed by atoms with E-state index in [9.17, 15) is 13.6 Å². The Morgan fingerprint density at radius 3 is 2.80 bits per heavy atom. The molecule has 3 nitrogen and oxygen atoms in total. The molecule has 0 saturated carbocycles. The lowest BCUT2D eigenvalue weighted by Crippen LogP contribution is -2.00. The number of hydrogen-bond acceptors (Lipinski definition) is 3. The predicted molar refractivity (Wildman–Crippen MR) is 48.8 cm³/mol. The SMILES string of the molecule is O=C(F)Oc1cnc2ccccc2c1F. The molecular weight excluding hydrogens is 204 g/mol. The van der Waals surface area contributed by atoms with Gasteiger partial charge in [-0.3, -0.25) is 4.98 Å². The van der Waals surface area contributed by atoms with Crippen molar-refractivity contribution >= 4 is 17.1 Å². The number of ether oxygens (including phenoxy) is 1. The number of benzene rings is 1. The van der Waals surface area contributed by atoms with E-state index in [1.165, 1.54) is 6.07 Å². The number of pyridine rings is 1. The van der Waals surface area contributed by atoms with Gasteiger partial charge in [0.25, 0.3) is 0 Å². The third-order valence-corrected chi connectivity index (χ3v) is 1.87. The average molecular weight is 209 g/mol. The van der Waals surface area contributed by atoms with Gasteiger partial charge in [0.1, 0.15) is 0 Å². The van der Waals surface area contributed by atoms with E-state index in [4.69, 9.17) is 0 Å². The highest BCUT2D eigenvalue weighted by molar-refractivity contribution is 5.81. The van der Waals surface area contributed by atoms with Crippen molar-refractivity contribution in [3.05, 3.63) is 36.3 Å². The minimum atomic E-state index is -2.06. The van der Waals surface area contributed by atoms with Crippen LogP contribution in [0.5, 0.6) is 5.75 Å². The molecule has 1 aromatic carbocycles. The zero-order valence-electron chi connectivity index (χ0n) is 7.41. The zero-order chi connectivity index (χ0) is 10.8. The molecule has 0 fully saturated rings. The molecule has 0 radical (unpaired) electrons. The van der Waals surface area contributed by atoms with Crippen LogP contribution in [-0.2, 0) is 0 Å². The lowest BCUT2D eigenvalue weighted by molar-refractivity contribution is 0.173. The molecule has 15 heavy (non-hydrogen) atoms. The lowest BCUT2D eigenvalue weighted by atomic mass is 10.2. The maximum absolute atomic E-state index is 13.5. The van der Waals surface area contributed by atoms with E-state index in [0.29, 0.717) is 5.52 Å². The second-order valence-electron chi connectivity index (χ2n) is 2.79. The van der Waals surface area contributed by atoms with Gasteiger partial charge in [-0.1, -0.05) is 12.1 Å². The van der Waals surface area contributed by atoms with Crippen LogP contribution in [0.25, 0.3) is 10.9 Å². The van der Waals surface area contributed by atoms with Crippen molar-refractivity contribution in [1.29, 1.82) is 0 Å². The monoisotopic (exact) mass is 209 g/mol. The summed E-state index contributed by atoms with van der Waals surface area (Å²) in [6, 6.07) is 6.36. The van der Waals surface area contributed by atoms with Gasteiger partial charge in [0.15, 0.2) is 11.6 Å². The van der Waals surface area contributed by atoms with Gasteiger partial charge in [-0.2, -0.15) is 0 Å². The largest absolute Gasteiger partial charge is 0.501 e. The van der Waals surface area contributed by atoms with Crippen molar-refractivity contribution < 1.29 is 18.3 Å².